The molecule has 0 saturated carbocycles. The summed E-state index contributed by atoms with van der Waals surface area (Å²) in [6, 6.07) is 22.6. The lowest BCUT2D eigenvalue weighted by atomic mass is 9.92. The zero-order valence-electron chi connectivity index (χ0n) is 21.6. The Morgan fingerprint density at radius 1 is 0.725 bits per heavy atom. The van der Waals surface area contributed by atoms with Gasteiger partial charge in [-0.25, -0.2) is 4.39 Å². The first kappa shape index (κ1) is 26.4. The Labute approximate surface area is 229 Å². The predicted octanol–water partition coefficient (Wildman–Crippen LogP) is 5.37. The van der Waals surface area contributed by atoms with E-state index in [2.05, 4.69) is 25.9 Å². The molecule has 3 aromatic carbocycles. The Bertz CT molecular complexity index is 1620. The molecule has 9 heteroatoms. The van der Waals surface area contributed by atoms with Crippen LogP contribution in [0.4, 0.5) is 15.8 Å². The Kier molecular flexibility index (Phi) is 7.46. The van der Waals surface area contributed by atoms with Gasteiger partial charge in [-0.3, -0.25) is 24.4 Å². The molecule has 8 nitrogen and oxygen atoms in total. The van der Waals surface area contributed by atoms with Crippen molar-refractivity contribution in [3.05, 3.63) is 108 Å². The van der Waals surface area contributed by atoms with Crippen molar-refractivity contribution in [1.82, 2.24) is 15.3 Å². The van der Waals surface area contributed by atoms with Crippen LogP contribution in [0.25, 0.3) is 21.8 Å². The highest BCUT2D eigenvalue weighted by atomic mass is 19.1. The van der Waals surface area contributed by atoms with Crippen molar-refractivity contribution in [2.45, 2.75) is 19.0 Å². The van der Waals surface area contributed by atoms with Crippen LogP contribution < -0.4 is 16.0 Å². The van der Waals surface area contributed by atoms with Crippen LogP contribution in [0.5, 0.6) is 0 Å². The number of pyridine rings is 2. The highest BCUT2D eigenvalue weighted by Crippen LogP contribution is 2.33. The highest BCUT2D eigenvalue weighted by molar-refractivity contribution is 6.20. The highest BCUT2D eigenvalue weighted by Gasteiger charge is 2.49. The fourth-order valence-corrected chi connectivity index (χ4v) is 4.38. The van der Waals surface area contributed by atoms with E-state index < -0.39 is 17.5 Å². The molecule has 0 atom stereocenters. The van der Waals surface area contributed by atoms with Crippen LogP contribution in [-0.4, -0.2) is 34.2 Å². The van der Waals surface area contributed by atoms with Gasteiger partial charge in [-0.2, -0.15) is 0 Å². The van der Waals surface area contributed by atoms with E-state index >= 15 is 4.39 Å². The number of benzene rings is 3. The minimum Gasteiger partial charge on any atom is -0.352 e. The molecule has 0 bridgehead atoms. The first-order valence-corrected chi connectivity index (χ1v) is 12.8. The molecule has 2 heterocycles. The molecule has 5 rings (SSSR count). The monoisotopic (exact) mass is 535 g/mol. The van der Waals surface area contributed by atoms with Crippen LogP contribution in [-0.2, 0) is 15.3 Å². The lowest BCUT2D eigenvalue weighted by Gasteiger charge is -2.24. The van der Waals surface area contributed by atoms with Gasteiger partial charge in [-0.1, -0.05) is 55.5 Å². The number of nitrogens with zero attached hydrogens (tertiary/aromatic N) is 2. The SMILES string of the molecule is CCCNC(=O)c1ccc(C(F)(C(=O)Nc2cccc3cccnc23)C(=O)Nc2cccc3cccnc23)cc1. The molecule has 3 N–H and O–H groups in total. The maximum absolute atomic E-state index is 17.1. The molecule has 0 radical (unpaired) electrons. The molecule has 200 valence electrons. The van der Waals surface area contributed by atoms with Crippen molar-refractivity contribution in [2.24, 2.45) is 0 Å². The van der Waals surface area contributed by atoms with Crippen molar-refractivity contribution in [1.29, 1.82) is 0 Å². The summed E-state index contributed by atoms with van der Waals surface area (Å²) in [5.41, 5.74) is -1.75. The minimum atomic E-state index is -3.17. The largest absolute Gasteiger partial charge is 0.352 e. The maximum Gasteiger partial charge on any atom is 0.291 e. The van der Waals surface area contributed by atoms with Gasteiger partial charge in [-0.05, 0) is 42.8 Å². The number of nitrogens with one attached hydrogen (secondary N) is 3. The van der Waals surface area contributed by atoms with Crippen LogP contribution in [0, 0.1) is 0 Å². The van der Waals surface area contributed by atoms with E-state index in [-0.39, 0.29) is 28.4 Å². The van der Waals surface area contributed by atoms with Crippen molar-refractivity contribution in [2.75, 3.05) is 17.2 Å². The van der Waals surface area contributed by atoms with Gasteiger partial charge in [0, 0.05) is 40.8 Å². The Hall–Kier alpha value is -5.18. The molecule has 3 amide bonds. The third-order valence-electron chi connectivity index (χ3n) is 6.47. The molecular formula is C31H26FN5O3. The second-order valence-corrected chi connectivity index (χ2v) is 9.16. The van der Waals surface area contributed by atoms with Gasteiger partial charge >= 0.3 is 0 Å². The fraction of sp³-hybridized carbons (Fsp3) is 0.129. The predicted molar refractivity (Wildman–Crippen MR) is 153 cm³/mol. The number of alkyl halides is 1. The number of hydrogen-bond donors (Lipinski definition) is 3. The van der Waals surface area contributed by atoms with E-state index in [1.54, 1.807) is 48.8 Å². The van der Waals surface area contributed by atoms with Gasteiger partial charge in [0.05, 0.1) is 22.4 Å². The molecule has 0 unspecified atom stereocenters. The van der Waals surface area contributed by atoms with Crippen LogP contribution in [0.2, 0.25) is 0 Å². The molecule has 40 heavy (non-hydrogen) atoms. The molecular weight excluding hydrogens is 509 g/mol. The number of carbonyl (C=O) groups excluding carboxylic acids is 3. The minimum absolute atomic E-state index is 0.240. The van der Waals surface area contributed by atoms with E-state index in [0.717, 1.165) is 17.2 Å². The number of fused-ring (bicyclic) bond motifs is 2. The van der Waals surface area contributed by atoms with E-state index in [1.807, 2.05) is 31.2 Å². The van der Waals surface area contributed by atoms with E-state index in [4.69, 9.17) is 0 Å². The van der Waals surface area contributed by atoms with Crippen LogP contribution in [0.1, 0.15) is 29.3 Å². The fourth-order valence-electron chi connectivity index (χ4n) is 4.38. The Balaban J connectivity index is 1.53. The Morgan fingerprint density at radius 2 is 1.23 bits per heavy atom. The lowest BCUT2D eigenvalue weighted by Crippen LogP contribution is -2.46. The number of rotatable bonds is 8. The van der Waals surface area contributed by atoms with Crippen molar-refractivity contribution >= 4 is 50.9 Å². The molecule has 0 aliphatic heterocycles. The summed E-state index contributed by atoms with van der Waals surface area (Å²) in [5.74, 6) is -2.76. The lowest BCUT2D eigenvalue weighted by molar-refractivity contribution is -0.140. The van der Waals surface area contributed by atoms with Gasteiger partial charge in [0.25, 0.3) is 23.4 Å². The second-order valence-electron chi connectivity index (χ2n) is 9.16. The number of carbonyl (C=O) groups is 3. The number of amides is 3. The summed E-state index contributed by atoms with van der Waals surface area (Å²) in [6.45, 7) is 2.41. The Morgan fingerprint density at radius 3 is 1.73 bits per heavy atom. The number of aromatic nitrogens is 2. The van der Waals surface area contributed by atoms with E-state index in [9.17, 15) is 14.4 Å². The average Bonchev–Trinajstić information content (AvgIpc) is 2.99. The van der Waals surface area contributed by atoms with Crippen LogP contribution in [0.15, 0.2) is 97.3 Å². The molecule has 0 spiro atoms. The molecule has 2 aromatic heterocycles. The summed E-state index contributed by atoms with van der Waals surface area (Å²) in [7, 11) is 0. The first-order valence-electron chi connectivity index (χ1n) is 12.8. The molecule has 0 aliphatic carbocycles. The zero-order chi connectivity index (χ0) is 28.1. The molecule has 5 aromatic rings. The third kappa shape index (κ3) is 5.09. The van der Waals surface area contributed by atoms with Gasteiger partial charge < -0.3 is 16.0 Å². The smallest absolute Gasteiger partial charge is 0.291 e. The third-order valence-corrected chi connectivity index (χ3v) is 6.47. The number of para-hydroxylation sites is 2. The standard InChI is InChI=1S/C31H26FN5O3/c1-2-17-35-28(38)22-13-15-23(16-14-22)31(32,29(39)36-24-11-3-7-20-9-5-18-33-26(20)24)30(40)37-25-12-4-8-21-10-6-19-34-27(21)25/h3-16,18-19H,2,17H2,1H3,(H,35,38)(H,36,39)(H,37,40). The summed E-state index contributed by atoms with van der Waals surface area (Å²) in [4.78, 5) is 48.3. The van der Waals surface area contributed by atoms with Crippen LogP contribution >= 0.6 is 0 Å². The molecule has 0 aliphatic rings. The topological polar surface area (TPSA) is 113 Å². The van der Waals surface area contributed by atoms with Gasteiger partial charge in [0.2, 0.25) is 0 Å². The normalized spacial score (nSPS) is 11.2. The number of halogens is 1. The van der Waals surface area contributed by atoms with Crippen molar-refractivity contribution in [3.63, 3.8) is 0 Å². The zero-order valence-corrected chi connectivity index (χ0v) is 21.6. The first-order chi connectivity index (χ1) is 19.4. The van der Waals surface area contributed by atoms with Crippen molar-refractivity contribution in [3.8, 4) is 0 Å². The molecule has 0 saturated heterocycles. The van der Waals surface area contributed by atoms with Gasteiger partial charge in [0.1, 0.15) is 0 Å². The maximum atomic E-state index is 17.1. The van der Waals surface area contributed by atoms with E-state index in [1.165, 1.54) is 24.3 Å². The number of hydrogen-bond acceptors (Lipinski definition) is 5. The summed E-state index contributed by atoms with van der Waals surface area (Å²) >= 11 is 0. The molecule has 0 fully saturated rings. The summed E-state index contributed by atoms with van der Waals surface area (Å²) in [6.07, 6.45) is 3.87. The van der Waals surface area contributed by atoms with E-state index in [0.29, 0.717) is 17.6 Å². The van der Waals surface area contributed by atoms with Crippen molar-refractivity contribution < 1.29 is 18.8 Å². The quantitative estimate of drug-likeness (QED) is 0.231. The van der Waals surface area contributed by atoms with Crippen LogP contribution in [0.3, 0.4) is 0 Å². The number of anilines is 2. The summed E-state index contributed by atoms with van der Waals surface area (Å²) in [5, 5.41) is 9.34. The summed E-state index contributed by atoms with van der Waals surface area (Å²) < 4.78 is 17.1. The average molecular weight is 536 g/mol. The van der Waals surface area contributed by atoms with Gasteiger partial charge in [0.15, 0.2) is 0 Å². The second kappa shape index (κ2) is 11.3. The van der Waals surface area contributed by atoms with Gasteiger partial charge in [-0.15, -0.1) is 0 Å².